The van der Waals surface area contributed by atoms with Crippen molar-refractivity contribution in [3.8, 4) is 0 Å². The summed E-state index contributed by atoms with van der Waals surface area (Å²) in [6.07, 6.45) is 0.943. The largest absolute Gasteiger partial charge is 0.355 e. The van der Waals surface area contributed by atoms with Crippen molar-refractivity contribution in [3.63, 3.8) is 0 Å². The molecule has 1 N–H and O–H groups in total. The topological polar surface area (TPSA) is 52.7 Å². The molecule has 0 radical (unpaired) electrons. The Labute approximate surface area is 142 Å². The third-order valence-corrected chi connectivity index (χ3v) is 4.25. The highest BCUT2D eigenvalue weighted by Crippen LogP contribution is 2.19. The summed E-state index contributed by atoms with van der Waals surface area (Å²) in [4.78, 5) is 27.6. The molecule has 126 valence electrons. The number of benzene rings is 1. The Morgan fingerprint density at radius 1 is 1.26 bits per heavy atom. The number of hydrogen-bond acceptors (Lipinski definition) is 2. The van der Waals surface area contributed by atoms with E-state index in [4.69, 9.17) is 11.6 Å². The molecule has 1 saturated heterocycles. The van der Waals surface area contributed by atoms with Crippen LogP contribution in [0.4, 0.5) is 4.79 Å². The number of hydrogen-bond donors (Lipinski definition) is 1. The SMILES string of the molecule is CC(C)CCNC(=O)CN1CCN(Cc2ccccc2Cl)C1=O. The predicted molar refractivity (Wildman–Crippen MR) is 91.3 cm³/mol. The van der Waals surface area contributed by atoms with Gasteiger partial charge in [-0.05, 0) is 24.0 Å². The molecule has 1 aliphatic rings. The minimum atomic E-state index is -0.107. The minimum Gasteiger partial charge on any atom is -0.355 e. The average molecular weight is 338 g/mol. The molecule has 0 unspecified atom stereocenters. The van der Waals surface area contributed by atoms with E-state index in [0.29, 0.717) is 37.1 Å². The summed E-state index contributed by atoms with van der Waals surface area (Å²) in [5, 5.41) is 3.52. The van der Waals surface area contributed by atoms with E-state index < -0.39 is 0 Å². The normalized spacial score (nSPS) is 14.7. The summed E-state index contributed by atoms with van der Waals surface area (Å²) < 4.78 is 0. The fourth-order valence-corrected chi connectivity index (χ4v) is 2.68. The van der Waals surface area contributed by atoms with E-state index in [9.17, 15) is 9.59 Å². The van der Waals surface area contributed by atoms with Crippen molar-refractivity contribution < 1.29 is 9.59 Å². The van der Waals surface area contributed by atoms with Crippen LogP contribution in [0.1, 0.15) is 25.8 Å². The van der Waals surface area contributed by atoms with Crippen molar-refractivity contribution in [1.29, 1.82) is 0 Å². The third-order valence-electron chi connectivity index (χ3n) is 3.88. The molecular formula is C17H24ClN3O2. The van der Waals surface area contributed by atoms with E-state index in [1.54, 1.807) is 9.80 Å². The smallest absolute Gasteiger partial charge is 0.320 e. The Hall–Kier alpha value is -1.75. The Balaban J connectivity index is 1.82. The number of halogens is 1. The Morgan fingerprint density at radius 2 is 1.96 bits per heavy atom. The van der Waals surface area contributed by atoms with Crippen LogP contribution in [0, 0.1) is 5.92 Å². The first kappa shape index (κ1) is 17.6. The van der Waals surface area contributed by atoms with Crippen molar-refractivity contribution in [2.75, 3.05) is 26.2 Å². The fraction of sp³-hybridized carbons (Fsp3) is 0.529. The van der Waals surface area contributed by atoms with Gasteiger partial charge >= 0.3 is 6.03 Å². The van der Waals surface area contributed by atoms with E-state index in [1.807, 2.05) is 24.3 Å². The highest BCUT2D eigenvalue weighted by Gasteiger charge is 2.29. The van der Waals surface area contributed by atoms with Crippen LogP contribution in [0.5, 0.6) is 0 Å². The lowest BCUT2D eigenvalue weighted by molar-refractivity contribution is -0.121. The van der Waals surface area contributed by atoms with Gasteiger partial charge in [-0.3, -0.25) is 4.79 Å². The molecular weight excluding hydrogens is 314 g/mol. The predicted octanol–water partition coefficient (Wildman–Crippen LogP) is 2.74. The molecule has 5 nitrogen and oxygen atoms in total. The van der Waals surface area contributed by atoms with Gasteiger partial charge in [0.15, 0.2) is 0 Å². The summed E-state index contributed by atoms with van der Waals surface area (Å²) in [6, 6.07) is 7.39. The molecule has 23 heavy (non-hydrogen) atoms. The second-order valence-corrected chi connectivity index (χ2v) is 6.66. The monoisotopic (exact) mass is 337 g/mol. The highest BCUT2D eigenvalue weighted by atomic mass is 35.5. The van der Waals surface area contributed by atoms with Gasteiger partial charge in [0.05, 0.1) is 0 Å². The van der Waals surface area contributed by atoms with Crippen LogP contribution in [0.25, 0.3) is 0 Å². The van der Waals surface area contributed by atoms with Gasteiger partial charge in [-0.15, -0.1) is 0 Å². The summed E-state index contributed by atoms with van der Waals surface area (Å²) in [6.45, 7) is 6.66. The van der Waals surface area contributed by atoms with E-state index in [2.05, 4.69) is 19.2 Å². The Bertz CT molecular complexity index is 563. The first-order chi connectivity index (χ1) is 11.0. The van der Waals surface area contributed by atoms with Crippen molar-refractivity contribution in [3.05, 3.63) is 34.9 Å². The molecule has 0 atom stereocenters. The number of carbonyl (C=O) groups is 2. The average Bonchev–Trinajstić information content (AvgIpc) is 2.82. The zero-order valence-corrected chi connectivity index (χ0v) is 14.5. The minimum absolute atomic E-state index is 0.0985. The number of urea groups is 1. The van der Waals surface area contributed by atoms with E-state index >= 15 is 0 Å². The van der Waals surface area contributed by atoms with Crippen LogP contribution in [-0.2, 0) is 11.3 Å². The molecule has 1 fully saturated rings. The maximum Gasteiger partial charge on any atom is 0.320 e. The summed E-state index contributed by atoms with van der Waals surface area (Å²) in [7, 11) is 0. The number of nitrogens with one attached hydrogen (secondary N) is 1. The van der Waals surface area contributed by atoms with Crippen LogP contribution < -0.4 is 5.32 Å². The van der Waals surface area contributed by atoms with Crippen molar-refractivity contribution in [1.82, 2.24) is 15.1 Å². The van der Waals surface area contributed by atoms with E-state index in [1.165, 1.54) is 0 Å². The van der Waals surface area contributed by atoms with E-state index in [-0.39, 0.29) is 18.5 Å². The summed E-state index contributed by atoms with van der Waals surface area (Å²) in [5.41, 5.74) is 0.922. The third kappa shape index (κ3) is 5.13. The van der Waals surface area contributed by atoms with Crippen LogP contribution in [0.3, 0.4) is 0 Å². The maximum atomic E-state index is 12.4. The van der Waals surface area contributed by atoms with Gasteiger partial charge < -0.3 is 15.1 Å². The van der Waals surface area contributed by atoms with Crippen molar-refractivity contribution in [2.45, 2.75) is 26.8 Å². The van der Waals surface area contributed by atoms with Crippen LogP contribution >= 0.6 is 11.6 Å². The van der Waals surface area contributed by atoms with Gasteiger partial charge in [-0.2, -0.15) is 0 Å². The molecule has 1 aromatic carbocycles. The Kier molecular flexibility index (Phi) is 6.28. The lowest BCUT2D eigenvalue weighted by atomic mass is 10.1. The molecule has 1 aromatic rings. The first-order valence-electron chi connectivity index (χ1n) is 8.01. The molecule has 3 amide bonds. The van der Waals surface area contributed by atoms with Gasteiger partial charge in [-0.1, -0.05) is 43.6 Å². The maximum absolute atomic E-state index is 12.4. The summed E-state index contributed by atoms with van der Waals surface area (Å²) in [5.74, 6) is 0.452. The first-order valence-corrected chi connectivity index (χ1v) is 8.39. The summed E-state index contributed by atoms with van der Waals surface area (Å²) >= 11 is 6.14. The van der Waals surface area contributed by atoms with Crippen molar-refractivity contribution in [2.24, 2.45) is 5.92 Å². The molecule has 0 aliphatic carbocycles. The number of nitrogens with zero attached hydrogens (tertiary/aromatic N) is 2. The number of carbonyl (C=O) groups excluding carboxylic acids is 2. The van der Waals surface area contributed by atoms with Gasteiger partial charge in [-0.25, -0.2) is 4.79 Å². The fourth-order valence-electron chi connectivity index (χ4n) is 2.49. The molecule has 6 heteroatoms. The van der Waals surface area contributed by atoms with Crippen molar-refractivity contribution >= 4 is 23.5 Å². The van der Waals surface area contributed by atoms with Gasteiger partial charge in [0.25, 0.3) is 0 Å². The highest BCUT2D eigenvalue weighted by molar-refractivity contribution is 6.31. The van der Waals surface area contributed by atoms with Crippen LogP contribution in [-0.4, -0.2) is 47.9 Å². The zero-order valence-electron chi connectivity index (χ0n) is 13.7. The van der Waals surface area contributed by atoms with Gasteiger partial charge in [0, 0.05) is 31.2 Å². The molecule has 2 rings (SSSR count). The second kappa shape index (κ2) is 8.20. The standard InChI is InChI=1S/C17H24ClN3O2/c1-13(2)7-8-19-16(22)12-21-10-9-20(17(21)23)11-14-5-3-4-6-15(14)18/h3-6,13H,7-12H2,1-2H3,(H,19,22). The van der Waals surface area contributed by atoms with Gasteiger partial charge in [0.2, 0.25) is 5.91 Å². The lowest BCUT2D eigenvalue weighted by Crippen LogP contribution is -2.40. The second-order valence-electron chi connectivity index (χ2n) is 6.25. The number of amides is 3. The molecule has 0 saturated carbocycles. The molecule has 0 bridgehead atoms. The van der Waals surface area contributed by atoms with Crippen LogP contribution in [0.2, 0.25) is 5.02 Å². The molecule has 0 aromatic heterocycles. The quantitative estimate of drug-likeness (QED) is 0.831. The van der Waals surface area contributed by atoms with E-state index in [0.717, 1.165) is 12.0 Å². The molecule has 1 heterocycles. The zero-order chi connectivity index (χ0) is 16.8. The van der Waals surface area contributed by atoms with Gasteiger partial charge in [0.1, 0.15) is 6.54 Å². The Morgan fingerprint density at radius 3 is 2.65 bits per heavy atom. The number of rotatable bonds is 7. The molecule has 0 spiro atoms. The van der Waals surface area contributed by atoms with Crippen LogP contribution in [0.15, 0.2) is 24.3 Å². The molecule has 1 aliphatic heterocycles. The lowest BCUT2D eigenvalue weighted by Gasteiger charge is -2.19.